The molecular formula is C11H44Cu8Mn11Mo11Si11. The quantitative estimate of drug-likeness (QED) is 0.328. The molecule has 0 saturated carbocycles. The van der Waals surface area contributed by atoms with Gasteiger partial charge in [-0.05, 0) is 0 Å². The van der Waals surface area contributed by atoms with E-state index in [1.54, 1.807) is 0 Å². The first-order valence-electron chi connectivity index (χ1n) is 0. The molecule has 0 nitrogen and oxygen atoms in total. The van der Waals surface area contributed by atoms with Crippen LogP contribution in [-0.2, 0) is 556 Å². The molecule has 0 bridgehead atoms. The summed E-state index contributed by atoms with van der Waals surface area (Å²) in [5.41, 5.74) is 0. The first-order valence-corrected chi connectivity index (χ1v) is 0. The Hall–Kier alpha value is 19.8. The molecule has 0 aliphatic heterocycles. The molecule has 0 aromatic carbocycles. The summed E-state index contributed by atoms with van der Waals surface area (Å²) >= 11 is 0. The van der Waals surface area contributed by atoms with E-state index in [1.807, 2.05) is 0 Å². The Kier molecular flexibility index (Phi) is 15500. The van der Waals surface area contributed by atoms with Crippen LogP contribution in [0.4, 0.5) is 0 Å². The van der Waals surface area contributed by atoms with Gasteiger partial charge in [0.25, 0.3) is 0 Å². The van der Waals surface area contributed by atoms with E-state index in [-0.39, 0.29) is 758 Å². The van der Waals surface area contributed by atoms with Crippen molar-refractivity contribution in [2.75, 3.05) is 0 Å². The molecule has 41 heteroatoms. The van der Waals surface area contributed by atoms with Gasteiger partial charge in [0.15, 0.2) is 0 Å². The van der Waals surface area contributed by atoms with Crippen LogP contribution in [0, 0.1) is 0 Å². The zero-order valence-corrected chi connectivity index (χ0v) is 70.2. The standard InChI is InChI=1S/11CH4.8Cu.11Mn.11Mo.11Si/h11*1H4;;;;;;;;;;;;;;;;;;;;;;;;;;;;;;;;;;;;;;;;;. The van der Waals surface area contributed by atoms with Crippen LogP contribution in [0.2, 0.25) is 0 Å². The van der Waals surface area contributed by atoms with Crippen molar-refractivity contribution in [2.24, 2.45) is 0 Å². The van der Waals surface area contributed by atoms with Crippen molar-refractivity contribution < 1.29 is 556 Å². The molecule has 0 saturated heterocycles. The molecule has 0 spiro atoms. The molecule has 0 atom stereocenters. The van der Waals surface area contributed by atoms with Crippen LogP contribution >= 0.6 is 0 Å². The van der Waals surface area contributed by atoms with Crippen LogP contribution in [0.25, 0.3) is 0 Å². The molecule has 0 aliphatic carbocycles. The molecule has 363 valence electrons. The Morgan fingerprint density at radius 1 is 0.0962 bits per heavy atom. The van der Waals surface area contributed by atoms with E-state index in [0.717, 1.165) is 0 Å². The van der Waals surface area contributed by atoms with Gasteiger partial charge < -0.3 is 0 Å². The third-order valence-corrected chi connectivity index (χ3v) is 0. The zero-order chi connectivity index (χ0) is 0. The second-order valence-electron chi connectivity index (χ2n) is 0. The first kappa shape index (κ1) is 917. The summed E-state index contributed by atoms with van der Waals surface area (Å²) in [6.45, 7) is 0. The second-order valence-corrected chi connectivity index (χ2v) is 0. The first-order chi connectivity index (χ1) is 0. The average Bonchev–Trinajstić information content (AvgIpc) is 0. The van der Waals surface area contributed by atoms with Crippen molar-refractivity contribution in [1.29, 1.82) is 0 Å². The van der Waals surface area contributed by atoms with Crippen LogP contribution in [0.3, 0.4) is 0 Å². The summed E-state index contributed by atoms with van der Waals surface area (Å²) in [6.07, 6.45) is 0. The van der Waals surface area contributed by atoms with Gasteiger partial charge in [-0.2, -0.15) is 0 Å². The Bertz CT molecular complexity index is 120. The Balaban J connectivity index is 0. The van der Waals surface area contributed by atoms with Gasteiger partial charge in [-0.1, -0.05) is 81.7 Å². The molecule has 0 unspecified atom stereocenters. The molecule has 63 radical (unpaired) electrons. The molecule has 0 aromatic heterocycles. The van der Waals surface area contributed by atoms with Crippen molar-refractivity contribution in [1.82, 2.24) is 0 Å². The molecule has 0 amide bonds. The minimum Gasteiger partial charge on any atom is -0.0776 e. The molecule has 0 aliphatic rings. The van der Waals surface area contributed by atoms with E-state index in [1.165, 1.54) is 0 Å². The van der Waals surface area contributed by atoms with Crippen LogP contribution in [-0.4, -0.2) is 121 Å². The summed E-state index contributed by atoms with van der Waals surface area (Å²) in [7, 11) is 0. The van der Waals surface area contributed by atoms with Gasteiger partial charge in [0.1, 0.15) is 0 Å². The third kappa shape index (κ3) is 841. The summed E-state index contributed by atoms with van der Waals surface area (Å²) in [6, 6.07) is 0. The molecule has 52 heavy (non-hydrogen) atoms. The van der Waals surface area contributed by atoms with E-state index >= 15 is 0 Å². The van der Waals surface area contributed by atoms with Gasteiger partial charge >= 0.3 is 0 Å². The average molecular weight is 2650 g/mol. The van der Waals surface area contributed by atoms with E-state index < -0.39 is 0 Å². The molecule has 0 N–H and O–H groups in total. The van der Waals surface area contributed by atoms with Crippen LogP contribution in [0.1, 0.15) is 81.7 Å². The van der Waals surface area contributed by atoms with E-state index in [2.05, 4.69) is 0 Å². The van der Waals surface area contributed by atoms with E-state index in [9.17, 15) is 0 Å². The Labute approximate surface area is 741 Å². The molecule has 0 aromatic rings. The molecule has 0 rings (SSSR count). The topological polar surface area (TPSA) is 0 Å². The van der Waals surface area contributed by atoms with Crippen molar-refractivity contribution in [3.63, 3.8) is 0 Å². The maximum Gasteiger partial charge on any atom is 0 e. The van der Waals surface area contributed by atoms with Crippen molar-refractivity contribution >= 4 is 121 Å². The maximum atomic E-state index is 0. The summed E-state index contributed by atoms with van der Waals surface area (Å²) in [5.74, 6) is 0. The Morgan fingerprint density at radius 3 is 0.0962 bits per heavy atom. The van der Waals surface area contributed by atoms with Crippen LogP contribution in [0.15, 0.2) is 0 Å². The predicted molar refractivity (Wildman–Crippen MR) is 137 cm³/mol. The zero-order valence-electron chi connectivity index (χ0n) is 16.6. The fourth-order valence-electron chi connectivity index (χ4n) is 0. The second kappa shape index (κ2) is 878. The Morgan fingerprint density at radius 2 is 0.0962 bits per heavy atom. The molecular weight excluding hydrogens is 2610 g/mol. The number of hydrogen-bond acceptors (Lipinski definition) is 0. The number of hydrogen-bond donors (Lipinski definition) is 0. The molecule has 0 heterocycles. The fourth-order valence-corrected chi connectivity index (χ4v) is 0. The summed E-state index contributed by atoms with van der Waals surface area (Å²) < 4.78 is 0. The van der Waals surface area contributed by atoms with E-state index in [0.29, 0.717) is 0 Å². The van der Waals surface area contributed by atoms with Gasteiger partial charge in [0.05, 0.1) is 0 Å². The monoisotopic (exact) mass is 2670 g/mol. The summed E-state index contributed by atoms with van der Waals surface area (Å²) in [4.78, 5) is 0. The van der Waals surface area contributed by atoms with Crippen LogP contribution in [0.5, 0.6) is 0 Å². The SMILES string of the molecule is C.C.C.C.C.C.C.C.C.C.C.[Cu].[Cu].[Cu].[Cu].[Cu].[Cu].[Cu].[Cu].[Mn].[Mn].[Mn].[Mn].[Mn].[Mn].[Mn].[Mn].[Mn].[Mn].[Mn].[Mo].[Mo].[Mo].[Mo].[Mo].[Mo].[Mo].[Mo].[Mo].[Mo].[Mo].[Si].[Si].[Si].[Si].[Si].[Si].[Si].[Si].[Si].[Si].[Si]. The third-order valence-electron chi connectivity index (χ3n) is 0. The van der Waals surface area contributed by atoms with Crippen LogP contribution < -0.4 is 0 Å². The van der Waals surface area contributed by atoms with Gasteiger partial charge in [-0.25, -0.2) is 0 Å². The summed E-state index contributed by atoms with van der Waals surface area (Å²) in [5, 5.41) is 0. The number of rotatable bonds is 0. The minimum absolute atomic E-state index is 0. The van der Waals surface area contributed by atoms with Gasteiger partial charge in [0, 0.05) is 677 Å². The smallest absolute Gasteiger partial charge is 0 e. The fraction of sp³-hybridized carbons (Fsp3) is 1.00. The van der Waals surface area contributed by atoms with E-state index in [4.69, 9.17) is 0 Å². The minimum atomic E-state index is 0. The largest absolute Gasteiger partial charge is 0.0776 e. The van der Waals surface area contributed by atoms with Gasteiger partial charge in [-0.3, -0.25) is 0 Å². The molecule has 0 fully saturated rings. The van der Waals surface area contributed by atoms with Crippen molar-refractivity contribution in [3.05, 3.63) is 0 Å². The normalized spacial score (nSPS) is 0. The maximum absolute atomic E-state index is 0. The van der Waals surface area contributed by atoms with Gasteiger partial charge in [0.2, 0.25) is 0 Å². The van der Waals surface area contributed by atoms with Crippen molar-refractivity contribution in [3.8, 4) is 0 Å². The van der Waals surface area contributed by atoms with Gasteiger partial charge in [-0.15, -0.1) is 0 Å². The predicted octanol–water partition coefficient (Wildman–Crippen LogP) is 2.73. The van der Waals surface area contributed by atoms with Crippen molar-refractivity contribution in [2.45, 2.75) is 81.7 Å².